The van der Waals surface area contributed by atoms with Gasteiger partial charge in [0.05, 0.1) is 9.92 Å². The molecule has 4 rings (SSSR count). The third kappa shape index (κ3) is 4.85. The maximum Gasteiger partial charge on any atom is 0.233 e. The Balaban J connectivity index is 1.78. The van der Waals surface area contributed by atoms with Crippen LogP contribution in [0.3, 0.4) is 0 Å². The monoisotopic (exact) mass is 524 g/mol. The van der Waals surface area contributed by atoms with Crippen LogP contribution >= 0.6 is 23.2 Å². The second kappa shape index (κ2) is 9.41. The summed E-state index contributed by atoms with van der Waals surface area (Å²) in [6.45, 7) is 6.78. The normalized spacial score (nSPS) is 18.5. The lowest BCUT2D eigenvalue weighted by Gasteiger charge is -2.37. The smallest absolute Gasteiger partial charge is 0.233 e. The molecule has 0 bridgehead atoms. The van der Waals surface area contributed by atoms with E-state index in [1.165, 1.54) is 12.1 Å². The van der Waals surface area contributed by atoms with Crippen molar-refractivity contribution in [2.75, 3.05) is 24.7 Å². The van der Waals surface area contributed by atoms with Gasteiger partial charge in [0, 0.05) is 36.4 Å². The zero-order valence-corrected chi connectivity index (χ0v) is 22.0. The molecule has 1 saturated carbocycles. The van der Waals surface area contributed by atoms with Crippen LogP contribution < -0.4 is 4.90 Å². The van der Waals surface area contributed by atoms with Gasteiger partial charge < -0.3 is 4.74 Å². The van der Waals surface area contributed by atoms with E-state index in [0.717, 1.165) is 12.8 Å². The molecule has 6 nitrogen and oxygen atoms in total. The Bertz CT molecular complexity index is 1170. The molecular weight excluding hydrogens is 495 g/mol. The van der Waals surface area contributed by atoms with Crippen LogP contribution in [0, 0.1) is 11.3 Å². The number of aromatic nitrogens is 1. The molecule has 1 aliphatic heterocycles. The van der Waals surface area contributed by atoms with E-state index in [2.05, 4.69) is 4.98 Å². The second-order valence-corrected chi connectivity index (χ2v) is 13.3. The van der Waals surface area contributed by atoms with Crippen LogP contribution in [0.2, 0.25) is 10.0 Å². The van der Waals surface area contributed by atoms with Gasteiger partial charge in [-0.2, -0.15) is 0 Å². The first-order valence-corrected chi connectivity index (χ1v) is 13.8. The number of rotatable bonds is 6. The third-order valence-electron chi connectivity index (χ3n) is 6.57. The highest BCUT2D eigenvalue weighted by Crippen LogP contribution is 2.45. The fraction of sp³-hybridized carbons (Fsp3) is 0.520. The van der Waals surface area contributed by atoms with Gasteiger partial charge in [-0.25, -0.2) is 13.4 Å². The maximum atomic E-state index is 13.9. The van der Waals surface area contributed by atoms with Gasteiger partial charge in [0.15, 0.2) is 15.7 Å². The molecule has 184 valence electrons. The quantitative estimate of drug-likeness (QED) is 0.487. The van der Waals surface area contributed by atoms with Crippen molar-refractivity contribution >= 4 is 44.8 Å². The number of sulfone groups is 1. The first kappa shape index (κ1) is 25.4. The van der Waals surface area contributed by atoms with Gasteiger partial charge >= 0.3 is 0 Å². The maximum absolute atomic E-state index is 13.9. The Kier molecular flexibility index (Phi) is 7.04. The van der Waals surface area contributed by atoms with Crippen LogP contribution in [-0.4, -0.2) is 39.1 Å². The number of benzene rings is 1. The number of carbonyl (C=O) groups is 1. The van der Waals surface area contributed by atoms with E-state index >= 15 is 0 Å². The number of pyridine rings is 1. The summed E-state index contributed by atoms with van der Waals surface area (Å²) in [5, 5.41) is 0.737. The molecule has 0 atom stereocenters. The standard InChI is InChI=1S/C25H30Cl2N2O4S/c1-24(2,3)23(30)29(16-17-4-5-17)22-21(27)14-18(15-28-22)25(10-12-33-13-11-25)34(31,32)20-8-6-19(26)7-9-20/h6-9,14-15,17H,4-5,10-13,16H2,1-3H3. The molecule has 0 unspecified atom stereocenters. The summed E-state index contributed by atoms with van der Waals surface area (Å²) in [4.78, 5) is 19.6. The van der Waals surface area contributed by atoms with Gasteiger partial charge in [0.2, 0.25) is 5.91 Å². The summed E-state index contributed by atoms with van der Waals surface area (Å²) >= 11 is 12.7. The molecule has 1 aromatic carbocycles. The summed E-state index contributed by atoms with van der Waals surface area (Å²) in [6.07, 6.45) is 4.28. The number of hydrogen-bond donors (Lipinski definition) is 0. The minimum absolute atomic E-state index is 0.0592. The highest BCUT2D eigenvalue weighted by Gasteiger charge is 2.48. The first-order chi connectivity index (χ1) is 16.0. The lowest BCUT2D eigenvalue weighted by Crippen LogP contribution is -2.43. The van der Waals surface area contributed by atoms with Crippen molar-refractivity contribution < 1.29 is 17.9 Å². The highest BCUT2D eigenvalue weighted by atomic mass is 35.5. The number of hydrogen-bond acceptors (Lipinski definition) is 5. The molecule has 0 spiro atoms. The predicted molar refractivity (Wildman–Crippen MR) is 134 cm³/mol. The molecule has 9 heteroatoms. The number of ether oxygens (including phenoxy) is 1. The van der Waals surface area contributed by atoms with Crippen LogP contribution in [0.5, 0.6) is 0 Å². The van der Waals surface area contributed by atoms with Crippen molar-refractivity contribution in [3.8, 4) is 0 Å². The molecule has 34 heavy (non-hydrogen) atoms. The van der Waals surface area contributed by atoms with E-state index < -0.39 is 20.0 Å². The van der Waals surface area contributed by atoms with Crippen molar-refractivity contribution in [1.29, 1.82) is 0 Å². The Labute approximate surface area is 211 Å². The van der Waals surface area contributed by atoms with Crippen LogP contribution in [-0.2, 0) is 24.1 Å². The third-order valence-corrected chi connectivity index (χ3v) is 9.66. The van der Waals surface area contributed by atoms with E-state index in [0.29, 0.717) is 42.1 Å². The zero-order chi connectivity index (χ0) is 24.7. The topological polar surface area (TPSA) is 76.6 Å². The average Bonchev–Trinajstić information content (AvgIpc) is 3.61. The van der Waals surface area contributed by atoms with E-state index in [-0.39, 0.29) is 28.7 Å². The molecule has 1 aliphatic carbocycles. The van der Waals surface area contributed by atoms with Gasteiger partial charge in [0.25, 0.3) is 0 Å². The molecule has 2 aliphatic rings. The molecule has 1 saturated heterocycles. The first-order valence-electron chi connectivity index (χ1n) is 11.5. The highest BCUT2D eigenvalue weighted by molar-refractivity contribution is 7.92. The number of carbonyl (C=O) groups excluding carboxylic acids is 1. The Morgan fingerprint density at radius 3 is 2.29 bits per heavy atom. The molecule has 2 aromatic rings. The Hall–Kier alpha value is -1.67. The summed E-state index contributed by atoms with van der Waals surface area (Å²) < 4.78 is 32.1. The van der Waals surface area contributed by atoms with Crippen LogP contribution in [0.25, 0.3) is 0 Å². The minimum atomic E-state index is -3.81. The van der Waals surface area contributed by atoms with Gasteiger partial charge in [-0.3, -0.25) is 9.69 Å². The summed E-state index contributed by atoms with van der Waals surface area (Å²) in [5.74, 6) is 0.760. The van der Waals surface area contributed by atoms with E-state index in [9.17, 15) is 13.2 Å². The average molecular weight is 525 g/mol. The van der Waals surface area contributed by atoms with Crippen molar-refractivity contribution in [1.82, 2.24) is 4.98 Å². The molecule has 1 aromatic heterocycles. The lowest BCUT2D eigenvalue weighted by molar-refractivity contribution is -0.125. The van der Waals surface area contributed by atoms with E-state index in [1.807, 2.05) is 20.8 Å². The van der Waals surface area contributed by atoms with Gasteiger partial charge in [-0.1, -0.05) is 44.0 Å². The molecule has 0 radical (unpaired) electrons. The Morgan fingerprint density at radius 2 is 1.76 bits per heavy atom. The largest absolute Gasteiger partial charge is 0.381 e. The zero-order valence-electron chi connectivity index (χ0n) is 19.7. The van der Waals surface area contributed by atoms with Crippen LogP contribution in [0.15, 0.2) is 41.4 Å². The molecular formula is C25H30Cl2N2O4S. The second-order valence-electron chi connectivity index (χ2n) is 10.2. The van der Waals surface area contributed by atoms with Crippen molar-refractivity contribution in [3.63, 3.8) is 0 Å². The van der Waals surface area contributed by atoms with Gasteiger partial charge in [-0.05, 0) is 67.5 Å². The lowest BCUT2D eigenvalue weighted by atomic mass is 9.91. The Morgan fingerprint density at radius 1 is 1.15 bits per heavy atom. The van der Waals surface area contributed by atoms with Crippen LogP contribution in [0.4, 0.5) is 5.82 Å². The predicted octanol–water partition coefficient (Wildman–Crippen LogP) is 5.66. The van der Waals surface area contributed by atoms with Crippen molar-refractivity contribution in [2.45, 2.75) is 56.1 Å². The number of halogens is 2. The molecule has 1 amide bonds. The van der Waals surface area contributed by atoms with Crippen molar-refractivity contribution in [3.05, 3.63) is 52.1 Å². The number of nitrogens with zero attached hydrogens (tertiary/aromatic N) is 2. The summed E-state index contributed by atoms with van der Waals surface area (Å²) in [5.41, 5.74) is -0.0904. The summed E-state index contributed by atoms with van der Waals surface area (Å²) in [6, 6.07) is 7.86. The number of amides is 1. The van der Waals surface area contributed by atoms with E-state index in [1.54, 1.807) is 29.3 Å². The van der Waals surface area contributed by atoms with Crippen molar-refractivity contribution in [2.24, 2.45) is 11.3 Å². The van der Waals surface area contributed by atoms with E-state index in [4.69, 9.17) is 27.9 Å². The fourth-order valence-electron chi connectivity index (χ4n) is 4.36. The van der Waals surface area contributed by atoms with Crippen LogP contribution in [0.1, 0.15) is 52.0 Å². The SMILES string of the molecule is CC(C)(C)C(=O)N(CC1CC1)c1ncc(C2(S(=O)(=O)c3ccc(Cl)cc3)CCOCC2)cc1Cl. The van der Waals surface area contributed by atoms with Gasteiger partial charge in [0.1, 0.15) is 4.75 Å². The molecule has 2 heterocycles. The van der Waals surface area contributed by atoms with Gasteiger partial charge in [-0.15, -0.1) is 0 Å². The fourth-order valence-corrected chi connectivity index (χ4v) is 6.83. The summed E-state index contributed by atoms with van der Waals surface area (Å²) in [7, 11) is -3.81. The molecule has 2 fully saturated rings. The minimum Gasteiger partial charge on any atom is -0.381 e. The number of anilines is 1. The molecule has 0 N–H and O–H groups in total.